The van der Waals surface area contributed by atoms with Gasteiger partial charge in [-0.15, -0.1) is 11.3 Å². The quantitative estimate of drug-likeness (QED) is 0.817. The van der Waals surface area contributed by atoms with Gasteiger partial charge in [-0.3, -0.25) is 13.9 Å². The van der Waals surface area contributed by atoms with Crippen LogP contribution in [0.2, 0.25) is 0 Å². The van der Waals surface area contributed by atoms with Gasteiger partial charge in [0.05, 0.1) is 21.6 Å². The Bertz CT molecular complexity index is 963. The molecule has 2 heterocycles. The van der Waals surface area contributed by atoms with Crippen LogP contribution >= 0.6 is 11.3 Å². The van der Waals surface area contributed by atoms with Crippen molar-refractivity contribution in [2.24, 2.45) is 14.1 Å². The molecular weight excluding hydrogens is 326 g/mol. The van der Waals surface area contributed by atoms with Crippen molar-refractivity contribution in [3.05, 3.63) is 42.0 Å². The Balaban J connectivity index is 2.19. The molecule has 1 atom stereocenters. The summed E-state index contributed by atoms with van der Waals surface area (Å²) in [6.07, 6.45) is 2.84. The highest BCUT2D eigenvalue weighted by atomic mass is 32.1. The predicted molar refractivity (Wildman–Crippen MR) is 92.6 cm³/mol. The lowest BCUT2D eigenvalue weighted by molar-refractivity contribution is 0.533. The molecule has 0 fully saturated rings. The SMILES string of the molecule is Cc1nc2c(s1)[C@H](N(C)c1c(C#N)c(=O)n(C)c(=O)n1C)CCC2. The third-order valence-electron chi connectivity index (χ3n) is 4.58. The molecule has 0 unspecified atom stereocenters. The summed E-state index contributed by atoms with van der Waals surface area (Å²) in [5.41, 5.74) is 0.0970. The number of rotatable bonds is 2. The number of hydrogen-bond donors (Lipinski definition) is 0. The number of fused-ring (bicyclic) bond motifs is 1. The first-order valence-electron chi connectivity index (χ1n) is 7.76. The summed E-state index contributed by atoms with van der Waals surface area (Å²) in [6.45, 7) is 1.98. The molecule has 3 rings (SSSR count). The fourth-order valence-electron chi connectivity index (χ4n) is 3.38. The van der Waals surface area contributed by atoms with Crippen molar-refractivity contribution in [3.8, 4) is 6.07 Å². The molecule has 2 aromatic heterocycles. The minimum absolute atomic E-state index is 0.00420. The maximum atomic E-state index is 12.3. The van der Waals surface area contributed by atoms with E-state index in [1.807, 2.05) is 24.9 Å². The Morgan fingerprint density at radius 2 is 2.04 bits per heavy atom. The van der Waals surface area contributed by atoms with E-state index in [1.165, 1.54) is 16.5 Å². The fraction of sp³-hybridized carbons (Fsp3) is 0.500. The molecule has 0 saturated heterocycles. The molecule has 0 aliphatic heterocycles. The van der Waals surface area contributed by atoms with Crippen LogP contribution in [0.4, 0.5) is 5.82 Å². The second-order valence-corrected chi connectivity index (χ2v) is 7.31. The van der Waals surface area contributed by atoms with Crippen molar-refractivity contribution in [2.75, 3.05) is 11.9 Å². The predicted octanol–water partition coefficient (Wildman–Crippen LogP) is 1.23. The summed E-state index contributed by atoms with van der Waals surface area (Å²) in [4.78, 5) is 32.3. The largest absolute Gasteiger partial charge is 0.352 e. The van der Waals surface area contributed by atoms with E-state index in [-0.39, 0.29) is 11.6 Å². The van der Waals surface area contributed by atoms with E-state index in [0.717, 1.165) is 34.5 Å². The van der Waals surface area contributed by atoms with Crippen molar-refractivity contribution < 1.29 is 0 Å². The second-order valence-electron chi connectivity index (χ2n) is 6.08. The number of hydrogen-bond acceptors (Lipinski definition) is 6. The molecule has 0 bridgehead atoms. The molecule has 0 saturated carbocycles. The molecule has 0 N–H and O–H groups in total. The lowest BCUT2D eigenvalue weighted by Gasteiger charge is -2.33. The van der Waals surface area contributed by atoms with Crippen LogP contribution < -0.4 is 16.1 Å². The zero-order chi connectivity index (χ0) is 17.6. The van der Waals surface area contributed by atoms with Crippen molar-refractivity contribution >= 4 is 17.2 Å². The molecule has 0 aromatic carbocycles. The van der Waals surface area contributed by atoms with Crippen LogP contribution in [0.15, 0.2) is 9.59 Å². The fourth-order valence-corrected chi connectivity index (χ4v) is 4.53. The van der Waals surface area contributed by atoms with Gasteiger partial charge in [0.15, 0.2) is 5.56 Å². The standard InChI is InChI=1S/C16H19N5O2S/c1-9-18-11-6-5-7-12(13(11)24-9)19(2)14-10(8-17)15(22)21(4)16(23)20(14)3/h12H,5-7H2,1-4H3/t12-/m1/s1. The Morgan fingerprint density at radius 1 is 1.33 bits per heavy atom. The van der Waals surface area contributed by atoms with E-state index in [4.69, 9.17) is 0 Å². The van der Waals surface area contributed by atoms with E-state index >= 15 is 0 Å². The van der Waals surface area contributed by atoms with E-state index < -0.39 is 11.2 Å². The topological polar surface area (TPSA) is 83.9 Å². The zero-order valence-corrected chi connectivity index (χ0v) is 15.0. The molecule has 0 radical (unpaired) electrons. The number of aryl methyl sites for hydroxylation is 2. The third-order valence-corrected chi connectivity index (χ3v) is 5.69. The van der Waals surface area contributed by atoms with E-state index in [1.54, 1.807) is 18.4 Å². The van der Waals surface area contributed by atoms with Crippen LogP contribution in [-0.4, -0.2) is 21.2 Å². The molecule has 8 heteroatoms. The van der Waals surface area contributed by atoms with Gasteiger partial charge in [0.2, 0.25) is 0 Å². The molecule has 0 spiro atoms. The summed E-state index contributed by atoms with van der Waals surface area (Å²) in [6, 6.07) is 1.99. The molecule has 7 nitrogen and oxygen atoms in total. The van der Waals surface area contributed by atoms with E-state index in [0.29, 0.717) is 5.82 Å². The van der Waals surface area contributed by atoms with Gasteiger partial charge in [0, 0.05) is 21.1 Å². The molecular formula is C16H19N5O2S. The van der Waals surface area contributed by atoms with E-state index in [9.17, 15) is 14.9 Å². The summed E-state index contributed by atoms with van der Waals surface area (Å²) < 4.78 is 2.35. The highest BCUT2D eigenvalue weighted by Gasteiger charge is 2.30. The highest BCUT2D eigenvalue weighted by Crippen LogP contribution is 2.39. The summed E-state index contributed by atoms with van der Waals surface area (Å²) >= 11 is 1.65. The monoisotopic (exact) mass is 345 g/mol. The Labute approximate surface area is 143 Å². The molecule has 1 aliphatic carbocycles. The van der Waals surface area contributed by atoms with Gasteiger partial charge < -0.3 is 4.90 Å². The molecule has 126 valence electrons. The van der Waals surface area contributed by atoms with Gasteiger partial charge >= 0.3 is 5.69 Å². The summed E-state index contributed by atoms with van der Waals surface area (Å²) in [5, 5.41) is 10.5. The number of nitriles is 1. The lowest BCUT2D eigenvalue weighted by Crippen LogP contribution is -2.42. The maximum Gasteiger partial charge on any atom is 0.332 e. The van der Waals surface area contributed by atoms with Gasteiger partial charge in [-0.1, -0.05) is 0 Å². The Kier molecular flexibility index (Phi) is 4.05. The molecule has 0 amide bonds. The maximum absolute atomic E-state index is 12.3. The average Bonchev–Trinajstić information content (AvgIpc) is 2.95. The minimum Gasteiger partial charge on any atom is -0.352 e. The van der Waals surface area contributed by atoms with Crippen LogP contribution in [0.1, 0.15) is 40.0 Å². The molecule has 24 heavy (non-hydrogen) atoms. The smallest absolute Gasteiger partial charge is 0.332 e. The second kappa shape index (κ2) is 5.91. The third kappa shape index (κ3) is 2.36. The van der Waals surface area contributed by atoms with Gasteiger partial charge in [0.25, 0.3) is 5.56 Å². The van der Waals surface area contributed by atoms with Gasteiger partial charge in [-0.2, -0.15) is 5.26 Å². The van der Waals surface area contributed by atoms with Crippen LogP contribution in [0.5, 0.6) is 0 Å². The normalized spacial score (nSPS) is 16.5. The van der Waals surface area contributed by atoms with Crippen LogP contribution in [0.3, 0.4) is 0 Å². The number of aromatic nitrogens is 3. The van der Waals surface area contributed by atoms with Crippen molar-refractivity contribution in [2.45, 2.75) is 32.2 Å². The van der Waals surface area contributed by atoms with Crippen molar-refractivity contribution in [1.29, 1.82) is 5.26 Å². The first-order valence-corrected chi connectivity index (χ1v) is 8.57. The minimum atomic E-state index is -0.557. The van der Waals surface area contributed by atoms with Gasteiger partial charge in [-0.25, -0.2) is 9.78 Å². The highest BCUT2D eigenvalue weighted by molar-refractivity contribution is 7.11. The first kappa shape index (κ1) is 16.5. The average molecular weight is 345 g/mol. The van der Waals surface area contributed by atoms with Crippen molar-refractivity contribution in [1.82, 2.24) is 14.1 Å². The van der Waals surface area contributed by atoms with Crippen LogP contribution in [0, 0.1) is 18.3 Å². The Morgan fingerprint density at radius 3 is 2.71 bits per heavy atom. The van der Waals surface area contributed by atoms with E-state index in [2.05, 4.69) is 4.98 Å². The molecule has 1 aliphatic rings. The number of thiazole rings is 1. The van der Waals surface area contributed by atoms with Crippen LogP contribution in [0.25, 0.3) is 0 Å². The first-order chi connectivity index (χ1) is 11.4. The Hall–Kier alpha value is -2.40. The summed E-state index contributed by atoms with van der Waals surface area (Å²) in [5.74, 6) is 0.370. The number of anilines is 1. The number of nitrogens with zero attached hydrogens (tertiary/aromatic N) is 5. The molecule has 2 aromatic rings. The van der Waals surface area contributed by atoms with Gasteiger partial charge in [-0.05, 0) is 26.2 Å². The lowest BCUT2D eigenvalue weighted by atomic mass is 9.97. The summed E-state index contributed by atoms with van der Waals surface area (Å²) in [7, 11) is 4.82. The van der Waals surface area contributed by atoms with Crippen molar-refractivity contribution in [3.63, 3.8) is 0 Å². The van der Waals surface area contributed by atoms with Gasteiger partial charge in [0.1, 0.15) is 11.9 Å². The zero-order valence-electron chi connectivity index (χ0n) is 14.2. The van der Waals surface area contributed by atoms with Crippen LogP contribution in [-0.2, 0) is 20.5 Å².